The summed E-state index contributed by atoms with van der Waals surface area (Å²) in [5.41, 5.74) is 0.0767. The zero-order valence-electron chi connectivity index (χ0n) is 11.1. The summed E-state index contributed by atoms with van der Waals surface area (Å²) in [5, 5.41) is 12.9. The van der Waals surface area contributed by atoms with Gasteiger partial charge in [-0.1, -0.05) is 0 Å². The summed E-state index contributed by atoms with van der Waals surface area (Å²) >= 11 is 0. The maximum absolute atomic E-state index is 12.4. The minimum absolute atomic E-state index is 0.129. The van der Waals surface area contributed by atoms with Crippen molar-refractivity contribution >= 4 is 5.91 Å². The molecule has 0 aliphatic carbocycles. The predicted octanol–water partition coefficient (Wildman–Crippen LogP) is 0.157. The number of aromatic nitrogens is 2. The molecule has 6 nitrogen and oxygen atoms in total. The highest BCUT2D eigenvalue weighted by Crippen LogP contribution is 2.22. The van der Waals surface area contributed by atoms with Crippen molar-refractivity contribution in [1.29, 1.82) is 0 Å². The van der Waals surface area contributed by atoms with Crippen molar-refractivity contribution in [1.82, 2.24) is 14.7 Å². The topological polar surface area (TPSA) is 75.4 Å². The van der Waals surface area contributed by atoms with Gasteiger partial charge in [0.1, 0.15) is 5.69 Å². The molecule has 6 heteroatoms. The van der Waals surface area contributed by atoms with Crippen LogP contribution in [0.2, 0.25) is 0 Å². The van der Waals surface area contributed by atoms with Crippen LogP contribution in [0.5, 0.6) is 0 Å². The first-order valence-electron chi connectivity index (χ1n) is 6.59. The van der Waals surface area contributed by atoms with Gasteiger partial charge < -0.3 is 10.0 Å². The van der Waals surface area contributed by atoms with Gasteiger partial charge in [0.15, 0.2) is 0 Å². The van der Waals surface area contributed by atoms with Gasteiger partial charge in [-0.2, -0.15) is 5.10 Å². The number of hydrogen-bond donors (Lipinski definition) is 1. The van der Waals surface area contributed by atoms with Gasteiger partial charge in [0.25, 0.3) is 11.5 Å². The molecule has 0 saturated carbocycles. The molecule has 1 aromatic rings. The highest BCUT2D eigenvalue weighted by Gasteiger charge is 2.29. The van der Waals surface area contributed by atoms with E-state index < -0.39 is 0 Å². The quantitative estimate of drug-likeness (QED) is 0.841. The van der Waals surface area contributed by atoms with Crippen molar-refractivity contribution in [2.45, 2.75) is 31.7 Å². The van der Waals surface area contributed by atoms with Gasteiger partial charge in [0.2, 0.25) is 0 Å². The fourth-order valence-corrected chi connectivity index (χ4v) is 2.49. The van der Waals surface area contributed by atoms with Crippen LogP contribution in [0, 0.1) is 0 Å². The molecule has 1 N–H and O–H groups in total. The maximum Gasteiger partial charge on any atom is 0.274 e. The third-order valence-electron chi connectivity index (χ3n) is 3.51. The Morgan fingerprint density at radius 3 is 3.00 bits per heavy atom. The molecule has 1 unspecified atom stereocenters. The molecule has 0 bridgehead atoms. The molecular weight excluding hydrogens is 246 g/mol. The number of rotatable bonds is 4. The number of carbonyl (C=O) groups excluding carboxylic acids is 1. The molecule has 1 aliphatic rings. The lowest BCUT2D eigenvalue weighted by atomic mass is 10.1. The SMILES string of the molecule is Cn1nc(C(=O)N2CCCC2CCCO)ccc1=O. The van der Waals surface area contributed by atoms with Crippen LogP contribution >= 0.6 is 0 Å². The second kappa shape index (κ2) is 5.97. The first kappa shape index (κ1) is 13.7. The number of aryl methyl sites for hydroxylation is 1. The molecule has 2 rings (SSSR count). The van der Waals surface area contributed by atoms with Crippen molar-refractivity contribution in [3.63, 3.8) is 0 Å². The third-order valence-corrected chi connectivity index (χ3v) is 3.51. The summed E-state index contributed by atoms with van der Waals surface area (Å²) in [4.78, 5) is 25.4. The largest absolute Gasteiger partial charge is 0.396 e. The Bertz CT molecular complexity index is 512. The van der Waals surface area contributed by atoms with Crippen LogP contribution in [0.3, 0.4) is 0 Å². The van der Waals surface area contributed by atoms with Gasteiger partial charge in [0.05, 0.1) is 0 Å². The van der Waals surface area contributed by atoms with Crippen LogP contribution in [-0.2, 0) is 7.05 Å². The van der Waals surface area contributed by atoms with Crippen molar-refractivity contribution in [2.24, 2.45) is 7.05 Å². The van der Waals surface area contributed by atoms with Crippen molar-refractivity contribution < 1.29 is 9.90 Å². The summed E-state index contributed by atoms with van der Waals surface area (Å²) in [7, 11) is 1.53. The molecule has 1 fully saturated rings. The smallest absolute Gasteiger partial charge is 0.274 e. The molecular formula is C13H19N3O3. The summed E-state index contributed by atoms with van der Waals surface area (Å²) in [6, 6.07) is 3.02. The fraction of sp³-hybridized carbons (Fsp3) is 0.615. The highest BCUT2D eigenvalue weighted by molar-refractivity contribution is 5.92. The van der Waals surface area contributed by atoms with E-state index in [-0.39, 0.29) is 24.1 Å². The zero-order chi connectivity index (χ0) is 13.8. The molecule has 1 atom stereocenters. The molecule has 0 radical (unpaired) electrons. The van der Waals surface area contributed by atoms with E-state index in [4.69, 9.17) is 5.11 Å². The highest BCUT2D eigenvalue weighted by atomic mass is 16.3. The number of amides is 1. The molecule has 19 heavy (non-hydrogen) atoms. The fourth-order valence-electron chi connectivity index (χ4n) is 2.49. The third kappa shape index (κ3) is 3.01. The number of hydrogen-bond acceptors (Lipinski definition) is 4. The van der Waals surface area contributed by atoms with E-state index in [1.807, 2.05) is 4.90 Å². The maximum atomic E-state index is 12.4. The van der Waals surface area contributed by atoms with Crippen LogP contribution in [0.4, 0.5) is 0 Å². The van der Waals surface area contributed by atoms with E-state index in [9.17, 15) is 9.59 Å². The Balaban J connectivity index is 2.13. The number of aliphatic hydroxyl groups excluding tert-OH is 1. The van der Waals surface area contributed by atoms with Crippen LogP contribution in [0.1, 0.15) is 36.2 Å². The van der Waals surface area contributed by atoms with E-state index in [1.54, 1.807) is 0 Å². The first-order chi connectivity index (χ1) is 9.13. The van der Waals surface area contributed by atoms with Crippen LogP contribution in [0.25, 0.3) is 0 Å². The lowest BCUT2D eigenvalue weighted by Gasteiger charge is -2.24. The number of aliphatic hydroxyl groups is 1. The van der Waals surface area contributed by atoms with Gasteiger partial charge in [-0.3, -0.25) is 9.59 Å². The van der Waals surface area contributed by atoms with E-state index in [0.29, 0.717) is 12.1 Å². The second-order valence-corrected chi connectivity index (χ2v) is 4.84. The molecule has 2 heterocycles. The summed E-state index contributed by atoms with van der Waals surface area (Å²) < 4.78 is 1.17. The molecule has 0 aromatic carbocycles. The minimum atomic E-state index is -0.227. The summed E-state index contributed by atoms with van der Waals surface area (Å²) in [6.45, 7) is 0.871. The molecule has 1 aromatic heterocycles. The number of carbonyl (C=O) groups is 1. The lowest BCUT2D eigenvalue weighted by Crippen LogP contribution is -2.37. The molecule has 1 amide bonds. The van der Waals surface area contributed by atoms with Crippen LogP contribution in [-0.4, -0.2) is 44.9 Å². The van der Waals surface area contributed by atoms with Gasteiger partial charge in [-0.25, -0.2) is 4.68 Å². The van der Waals surface area contributed by atoms with Crippen LogP contribution in [0.15, 0.2) is 16.9 Å². The van der Waals surface area contributed by atoms with Gasteiger partial charge in [0, 0.05) is 32.3 Å². The Morgan fingerprint density at radius 2 is 2.32 bits per heavy atom. The first-order valence-corrected chi connectivity index (χ1v) is 6.59. The number of likely N-dealkylation sites (tertiary alicyclic amines) is 1. The lowest BCUT2D eigenvalue weighted by molar-refractivity contribution is 0.0716. The standard InChI is InChI=1S/C13H19N3O3/c1-15-12(18)7-6-11(14-15)13(19)16-8-2-4-10(16)5-3-9-17/h6-7,10,17H,2-5,8-9H2,1H3. The zero-order valence-corrected chi connectivity index (χ0v) is 11.1. The van der Waals surface area contributed by atoms with Gasteiger partial charge >= 0.3 is 0 Å². The molecule has 0 spiro atoms. The molecule has 1 saturated heterocycles. The average Bonchev–Trinajstić information content (AvgIpc) is 2.87. The molecule has 104 valence electrons. The summed E-state index contributed by atoms with van der Waals surface area (Å²) in [6.07, 6.45) is 3.47. The van der Waals surface area contributed by atoms with Crippen LogP contribution < -0.4 is 5.56 Å². The molecule has 1 aliphatic heterocycles. The monoisotopic (exact) mass is 265 g/mol. The Labute approximate surface area is 111 Å². The predicted molar refractivity (Wildman–Crippen MR) is 69.9 cm³/mol. The Kier molecular flexibility index (Phi) is 4.31. The second-order valence-electron chi connectivity index (χ2n) is 4.84. The Morgan fingerprint density at radius 1 is 1.53 bits per heavy atom. The summed E-state index contributed by atoms with van der Waals surface area (Å²) in [5.74, 6) is -0.129. The van der Waals surface area contributed by atoms with Gasteiger partial charge in [-0.05, 0) is 31.7 Å². The average molecular weight is 265 g/mol. The van der Waals surface area contributed by atoms with E-state index in [0.717, 1.165) is 25.8 Å². The van der Waals surface area contributed by atoms with Crippen molar-refractivity contribution in [3.05, 3.63) is 28.2 Å². The Hall–Kier alpha value is -1.69. The van der Waals surface area contributed by atoms with E-state index >= 15 is 0 Å². The van der Waals surface area contributed by atoms with E-state index in [1.165, 1.54) is 23.9 Å². The van der Waals surface area contributed by atoms with Gasteiger partial charge in [-0.15, -0.1) is 0 Å². The normalized spacial score (nSPS) is 18.8. The minimum Gasteiger partial charge on any atom is -0.396 e. The van der Waals surface area contributed by atoms with E-state index in [2.05, 4.69) is 5.10 Å². The van der Waals surface area contributed by atoms with Crippen molar-refractivity contribution in [2.75, 3.05) is 13.2 Å². The number of nitrogens with zero attached hydrogens (tertiary/aromatic N) is 3. The van der Waals surface area contributed by atoms with Crippen molar-refractivity contribution in [3.8, 4) is 0 Å².